The highest BCUT2D eigenvalue weighted by Crippen LogP contribution is 2.52. The molecule has 2 aliphatic rings. The van der Waals surface area contributed by atoms with Gasteiger partial charge < -0.3 is 70.0 Å². The van der Waals surface area contributed by atoms with E-state index in [1.54, 1.807) is 0 Å². The van der Waals surface area contributed by atoms with E-state index in [2.05, 4.69) is 0 Å². The highest BCUT2D eigenvalue weighted by Gasteiger charge is 2.45. The second-order valence-electron chi connectivity index (χ2n) is 11.4. The van der Waals surface area contributed by atoms with Crippen molar-refractivity contribution in [3.05, 3.63) is 76.9 Å². The van der Waals surface area contributed by atoms with Gasteiger partial charge in [0.05, 0.1) is 6.61 Å². The predicted octanol–water partition coefficient (Wildman–Crippen LogP) is 0.242. The number of hydrogen-bond donors (Lipinski definition) is 10. The van der Waals surface area contributed by atoms with Gasteiger partial charge in [-0.1, -0.05) is 18.2 Å². The third kappa shape index (κ3) is 7.21. The number of benzene rings is 3. The van der Waals surface area contributed by atoms with Crippen molar-refractivity contribution in [2.75, 3.05) is 6.61 Å². The number of phenols is 4. The van der Waals surface area contributed by atoms with Gasteiger partial charge in [-0.3, -0.25) is 4.79 Å². The number of aliphatic carboxylic acids is 2. The molecule has 1 saturated heterocycles. The van der Waals surface area contributed by atoms with Crippen molar-refractivity contribution in [2.45, 2.75) is 55.3 Å². The maximum atomic E-state index is 12.8. The summed E-state index contributed by atoms with van der Waals surface area (Å²) in [7, 11) is 0. The molecular weight excluding hydrogens is 668 g/mol. The van der Waals surface area contributed by atoms with Crippen LogP contribution in [0.1, 0.15) is 34.3 Å². The Hall–Kier alpha value is -5.59. The Bertz CT molecular complexity index is 1800. The lowest BCUT2D eigenvalue weighted by molar-refractivity contribution is -0.277. The van der Waals surface area contributed by atoms with Crippen LogP contribution in [0.2, 0.25) is 0 Å². The molecule has 0 spiro atoms. The molecule has 2 aliphatic heterocycles. The lowest BCUT2D eigenvalue weighted by Gasteiger charge is -2.39. The Morgan fingerprint density at radius 1 is 0.840 bits per heavy atom. The fraction of sp³-hybridized carbons (Fsp3) is 0.303. The number of ether oxygens (including phenoxy) is 4. The van der Waals surface area contributed by atoms with Crippen molar-refractivity contribution in [2.24, 2.45) is 0 Å². The Morgan fingerprint density at radius 3 is 2.20 bits per heavy atom. The molecule has 8 atom stereocenters. The van der Waals surface area contributed by atoms with Crippen LogP contribution in [0.25, 0.3) is 6.08 Å². The van der Waals surface area contributed by atoms with Gasteiger partial charge >= 0.3 is 17.9 Å². The smallest absolute Gasteiger partial charge is 0.345 e. The van der Waals surface area contributed by atoms with E-state index in [1.165, 1.54) is 24.3 Å². The molecule has 0 radical (unpaired) electrons. The van der Waals surface area contributed by atoms with Crippen LogP contribution in [0, 0.1) is 0 Å². The van der Waals surface area contributed by atoms with Crippen molar-refractivity contribution < 1.29 is 84.4 Å². The van der Waals surface area contributed by atoms with Gasteiger partial charge in [0.25, 0.3) is 0 Å². The summed E-state index contributed by atoms with van der Waals surface area (Å²) in [6.45, 7) is -0.730. The molecule has 0 aromatic heterocycles. The SMILES string of the molecule is O=C(/C=C/c1ccc(O)c2c1[C@H](C(=O)O)[C@@H](c1ccc(O)c(O)c1)O2)O[C@H](Cc1ccc(O)c(O[C@@H]2O[C@H](CO)[C@@H](O)[C@H](O)[C@H]2O)c1)C(=O)O. The van der Waals surface area contributed by atoms with Gasteiger partial charge in [-0.2, -0.15) is 0 Å². The molecular formula is C33H32O17. The van der Waals surface area contributed by atoms with Crippen molar-refractivity contribution in [1.29, 1.82) is 0 Å². The average molecular weight is 701 g/mol. The van der Waals surface area contributed by atoms with Crippen LogP contribution in [-0.2, 0) is 30.3 Å². The van der Waals surface area contributed by atoms with E-state index >= 15 is 0 Å². The minimum absolute atomic E-state index is 0.0232. The van der Waals surface area contributed by atoms with Gasteiger partial charge in [-0.15, -0.1) is 0 Å². The van der Waals surface area contributed by atoms with E-state index in [1.807, 2.05) is 0 Å². The van der Waals surface area contributed by atoms with Crippen LogP contribution >= 0.6 is 0 Å². The molecule has 0 amide bonds. The van der Waals surface area contributed by atoms with Gasteiger partial charge in [0.1, 0.15) is 36.4 Å². The van der Waals surface area contributed by atoms with Crippen LogP contribution < -0.4 is 9.47 Å². The number of aromatic hydroxyl groups is 4. The molecule has 0 bridgehead atoms. The summed E-state index contributed by atoms with van der Waals surface area (Å²) in [5.41, 5.74) is 0.409. The number of carbonyl (C=O) groups excluding carboxylic acids is 1. The summed E-state index contributed by atoms with van der Waals surface area (Å²) in [6, 6.07) is 9.64. The Morgan fingerprint density at radius 2 is 1.54 bits per heavy atom. The summed E-state index contributed by atoms with van der Waals surface area (Å²) < 4.78 is 21.6. The monoisotopic (exact) mass is 700 g/mol. The molecule has 5 rings (SSSR count). The number of carbonyl (C=O) groups is 3. The van der Waals surface area contributed by atoms with Gasteiger partial charge in [0.15, 0.2) is 34.5 Å². The Kier molecular flexibility index (Phi) is 10.3. The maximum Gasteiger partial charge on any atom is 0.345 e. The van der Waals surface area contributed by atoms with E-state index in [0.29, 0.717) is 0 Å². The predicted molar refractivity (Wildman–Crippen MR) is 164 cm³/mol. The number of aliphatic hydroxyl groups excluding tert-OH is 4. The van der Waals surface area contributed by atoms with E-state index in [9.17, 15) is 65.4 Å². The topological polar surface area (TPSA) is 290 Å². The summed E-state index contributed by atoms with van der Waals surface area (Å²) in [6.07, 6.45) is -9.68. The first-order valence-electron chi connectivity index (χ1n) is 14.9. The lowest BCUT2D eigenvalue weighted by Crippen LogP contribution is -2.60. The van der Waals surface area contributed by atoms with Gasteiger partial charge in [0.2, 0.25) is 12.4 Å². The quantitative estimate of drug-likeness (QED) is 0.0728. The molecule has 1 fully saturated rings. The summed E-state index contributed by atoms with van der Waals surface area (Å²) in [4.78, 5) is 37.2. The van der Waals surface area contributed by atoms with Gasteiger partial charge in [-0.05, 0) is 53.1 Å². The first-order valence-corrected chi connectivity index (χ1v) is 14.9. The highest BCUT2D eigenvalue weighted by molar-refractivity contribution is 5.91. The van der Waals surface area contributed by atoms with Crippen LogP contribution in [0.4, 0.5) is 0 Å². The highest BCUT2D eigenvalue weighted by atomic mass is 16.7. The number of phenolic OH excluding ortho intramolecular Hbond substituents is 4. The van der Waals surface area contributed by atoms with Crippen molar-refractivity contribution in [3.8, 4) is 34.5 Å². The van der Waals surface area contributed by atoms with Crippen LogP contribution in [0.3, 0.4) is 0 Å². The minimum Gasteiger partial charge on any atom is -0.504 e. The first kappa shape index (κ1) is 35.7. The molecule has 266 valence electrons. The molecule has 0 unspecified atom stereocenters. The normalized spacial score (nSPS) is 25.0. The van der Waals surface area contributed by atoms with E-state index < -0.39 is 103 Å². The van der Waals surface area contributed by atoms with Crippen molar-refractivity contribution in [1.82, 2.24) is 0 Å². The van der Waals surface area contributed by atoms with Crippen molar-refractivity contribution in [3.63, 3.8) is 0 Å². The number of hydrogen-bond acceptors (Lipinski definition) is 15. The average Bonchev–Trinajstić information content (AvgIpc) is 3.49. The number of aliphatic hydroxyl groups is 4. The maximum absolute atomic E-state index is 12.8. The largest absolute Gasteiger partial charge is 0.504 e. The number of fused-ring (bicyclic) bond motifs is 1. The van der Waals surface area contributed by atoms with Crippen LogP contribution in [-0.4, -0.2) is 112 Å². The first-order chi connectivity index (χ1) is 23.7. The zero-order chi connectivity index (χ0) is 36.4. The molecule has 0 saturated carbocycles. The third-order valence-corrected chi connectivity index (χ3v) is 8.13. The van der Waals surface area contributed by atoms with Gasteiger partial charge in [0, 0.05) is 18.1 Å². The van der Waals surface area contributed by atoms with Crippen molar-refractivity contribution >= 4 is 24.0 Å². The molecule has 0 aliphatic carbocycles. The summed E-state index contributed by atoms with van der Waals surface area (Å²) in [5.74, 6) is -7.94. The second kappa shape index (κ2) is 14.5. The molecule has 10 N–H and O–H groups in total. The molecule has 50 heavy (non-hydrogen) atoms. The molecule has 3 aromatic rings. The summed E-state index contributed by atoms with van der Waals surface area (Å²) in [5, 5.41) is 99.8. The van der Waals surface area contributed by atoms with E-state index in [4.69, 9.17) is 18.9 Å². The second-order valence-corrected chi connectivity index (χ2v) is 11.4. The Labute approximate surface area is 281 Å². The molecule has 17 nitrogen and oxygen atoms in total. The zero-order valence-electron chi connectivity index (χ0n) is 25.6. The van der Waals surface area contributed by atoms with E-state index in [0.717, 1.165) is 36.4 Å². The number of carboxylic acid groups (broad SMARTS) is 2. The third-order valence-electron chi connectivity index (χ3n) is 8.13. The number of carboxylic acids is 2. The molecule has 3 aromatic carbocycles. The molecule has 2 heterocycles. The fourth-order valence-corrected chi connectivity index (χ4v) is 5.57. The lowest BCUT2D eigenvalue weighted by atomic mass is 9.88. The summed E-state index contributed by atoms with van der Waals surface area (Å²) >= 11 is 0. The van der Waals surface area contributed by atoms with Crippen LogP contribution in [0.5, 0.6) is 34.5 Å². The number of esters is 1. The van der Waals surface area contributed by atoms with Gasteiger partial charge in [-0.25, -0.2) is 9.59 Å². The minimum atomic E-state index is -1.80. The zero-order valence-corrected chi connectivity index (χ0v) is 25.6. The standard InChI is InChI=1S/C33H32O17/c34-12-22-26(40)27(41)28(42)33(49-22)48-20-9-13(1-5-17(20)36)10-21(31(43)44)47-23(39)8-4-14-2-7-18(37)30-24(14)25(32(45)46)29(50-30)15-3-6-16(35)19(38)11-15/h1-9,11,21-22,25-29,33-38,40-42H,10,12H2,(H,43,44)(H,45,46)/b8-4+/t21-,22-,25+,26-,27+,28-,29-,33-/m1/s1. The molecule has 17 heteroatoms. The van der Waals surface area contributed by atoms with Crippen LogP contribution in [0.15, 0.2) is 54.6 Å². The van der Waals surface area contributed by atoms with E-state index in [-0.39, 0.29) is 33.8 Å². The Balaban J connectivity index is 1.32. The number of rotatable bonds is 11. The fourth-order valence-electron chi connectivity index (χ4n) is 5.57.